The maximum absolute atomic E-state index is 13.6. The lowest BCUT2D eigenvalue weighted by molar-refractivity contribution is 0.113. The monoisotopic (exact) mass is 428 g/mol. The summed E-state index contributed by atoms with van der Waals surface area (Å²) in [6.07, 6.45) is 15.0. The Morgan fingerprint density at radius 2 is 1.42 bits per heavy atom. The van der Waals surface area contributed by atoms with Crippen molar-refractivity contribution >= 4 is 0 Å². The normalized spacial score (nSPS) is 25.9. The number of unbranched alkanes of at least 4 members (excludes halogenated alkanes) is 3. The number of halogens is 3. The van der Waals surface area contributed by atoms with E-state index in [0.717, 1.165) is 35.4 Å². The number of hydrogen-bond donors (Lipinski definition) is 0. The Labute approximate surface area is 185 Å². The molecule has 0 aliphatic heterocycles. The average Bonchev–Trinajstić information content (AvgIpc) is 2.79. The Bertz CT molecular complexity index is 834. The Morgan fingerprint density at radius 3 is 2.13 bits per heavy atom. The molecule has 2 aliphatic carbocycles. The molecule has 0 saturated heterocycles. The van der Waals surface area contributed by atoms with E-state index in [9.17, 15) is 13.2 Å². The van der Waals surface area contributed by atoms with Crippen molar-refractivity contribution < 1.29 is 13.2 Å². The van der Waals surface area contributed by atoms with Gasteiger partial charge in [-0.1, -0.05) is 69.7 Å². The van der Waals surface area contributed by atoms with Crippen LogP contribution in [0.3, 0.4) is 0 Å². The second kappa shape index (κ2) is 10.2. The van der Waals surface area contributed by atoms with Crippen LogP contribution in [0.2, 0.25) is 0 Å². The molecule has 2 fully saturated rings. The van der Waals surface area contributed by atoms with Gasteiger partial charge in [0.1, 0.15) is 0 Å². The predicted octanol–water partition coefficient (Wildman–Crippen LogP) is 9.04. The molecule has 0 radical (unpaired) electrons. The molecule has 0 N–H and O–H groups in total. The highest BCUT2D eigenvalue weighted by molar-refractivity contribution is 5.64. The third kappa shape index (κ3) is 5.35. The summed E-state index contributed by atoms with van der Waals surface area (Å²) in [6, 6.07) is 10.2. The van der Waals surface area contributed by atoms with E-state index < -0.39 is 17.5 Å². The van der Waals surface area contributed by atoms with Crippen LogP contribution in [0.1, 0.15) is 89.0 Å². The smallest absolute Gasteiger partial charge is 0.194 e. The first kappa shape index (κ1) is 22.4. The van der Waals surface area contributed by atoms with Crippen LogP contribution in [-0.4, -0.2) is 0 Å². The number of rotatable bonds is 7. The third-order valence-corrected chi connectivity index (χ3v) is 7.89. The van der Waals surface area contributed by atoms with E-state index >= 15 is 0 Å². The summed E-state index contributed by atoms with van der Waals surface area (Å²) in [5.74, 6) is -0.399. The lowest BCUT2D eigenvalue weighted by Crippen LogP contribution is -2.30. The summed E-state index contributed by atoms with van der Waals surface area (Å²) in [6.45, 7) is 2.28. The molecule has 0 nitrogen and oxygen atoms in total. The predicted molar refractivity (Wildman–Crippen MR) is 121 cm³/mol. The molecule has 0 amide bonds. The highest BCUT2D eigenvalue weighted by atomic mass is 19.2. The minimum absolute atomic E-state index is 0.379. The van der Waals surface area contributed by atoms with Gasteiger partial charge in [-0.3, -0.25) is 0 Å². The van der Waals surface area contributed by atoms with E-state index in [1.165, 1.54) is 76.2 Å². The Hall–Kier alpha value is -1.77. The SMILES string of the molecule is CCCCCCC1CC[C@@H]2C[C@H](c3ccc(-c4cc(F)c(F)c(F)c4)cc3)CC[C@@H]2C1. The molecule has 168 valence electrons. The molecular weight excluding hydrogens is 393 g/mol. The summed E-state index contributed by atoms with van der Waals surface area (Å²) in [7, 11) is 0. The fourth-order valence-corrected chi connectivity index (χ4v) is 6.08. The first-order chi connectivity index (χ1) is 15.0. The van der Waals surface area contributed by atoms with E-state index in [0.29, 0.717) is 11.5 Å². The molecule has 0 aromatic heterocycles. The Balaban J connectivity index is 1.34. The van der Waals surface area contributed by atoms with Gasteiger partial charge in [0.15, 0.2) is 17.5 Å². The molecular formula is C28H35F3. The highest BCUT2D eigenvalue weighted by Crippen LogP contribution is 2.48. The minimum Gasteiger partial charge on any atom is -0.204 e. The Morgan fingerprint density at radius 1 is 0.742 bits per heavy atom. The van der Waals surface area contributed by atoms with Crippen molar-refractivity contribution in [2.45, 2.75) is 83.5 Å². The summed E-state index contributed by atoms with van der Waals surface area (Å²) in [5, 5.41) is 0. The molecule has 3 heteroatoms. The fourth-order valence-electron chi connectivity index (χ4n) is 6.08. The van der Waals surface area contributed by atoms with E-state index in [2.05, 4.69) is 19.1 Å². The van der Waals surface area contributed by atoms with Gasteiger partial charge >= 0.3 is 0 Å². The topological polar surface area (TPSA) is 0 Å². The van der Waals surface area contributed by atoms with Crippen LogP contribution < -0.4 is 0 Å². The second-order valence-corrected chi connectivity index (χ2v) is 9.93. The minimum atomic E-state index is -1.41. The zero-order valence-corrected chi connectivity index (χ0v) is 18.7. The standard InChI is InChI=1S/C28H35F3/c1-2-3-4-5-6-19-7-8-24-16-23(14-13-22(24)15-19)20-9-11-21(12-10-20)25-17-26(29)28(31)27(30)18-25/h9-12,17-19,22-24H,2-8,13-16H2,1H3/t19?,22-,23-,24-/m1/s1. The van der Waals surface area contributed by atoms with Gasteiger partial charge in [-0.2, -0.15) is 0 Å². The van der Waals surface area contributed by atoms with Crippen LogP contribution in [0.15, 0.2) is 36.4 Å². The summed E-state index contributed by atoms with van der Waals surface area (Å²) < 4.78 is 40.4. The quantitative estimate of drug-likeness (QED) is 0.305. The highest BCUT2D eigenvalue weighted by Gasteiger charge is 2.35. The van der Waals surface area contributed by atoms with Crippen molar-refractivity contribution in [3.05, 3.63) is 59.4 Å². The number of benzene rings is 2. The molecule has 4 rings (SSSR count). The van der Waals surface area contributed by atoms with Crippen molar-refractivity contribution in [2.24, 2.45) is 17.8 Å². The molecule has 2 aromatic carbocycles. The van der Waals surface area contributed by atoms with Crippen LogP contribution in [-0.2, 0) is 0 Å². The Kier molecular flexibility index (Phi) is 7.40. The molecule has 0 spiro atoms. The van der Waals surface area contributed by atoms with Crippen LogP contribution in [0, 0.1) is 35.2 Å². The van der Waals surface area contributed by atoms with Crippen molar-refractivity contribution in [2.75, 3.05) is 0 Å². The van der Waals surface area contributed by atoms with E-state index in [-0.39, 0.29) is 0 Å². The van der Waals surface area contributed by atoms with E-state index in [1.54, 1.807) is 0 Å². The van der Waals surface area contributed by atoms with Crippen molar-refractivity contribution in [1.29, 1.82) is 0 Å². The van der Waals surface area contributed by atoms with Gasteiger partial charge in [-0.05, 0) is 84.6 Å². The average molecular weight is 429 g/mol. The first-order valence-electron chi connectivity index (χ1n) is 12.3. The van der Waals surface area contributed by atoms with Crippen molar-refractivity contribution in [1.82, 2.24) is 0 Å². The molecule has 1 unspecified atom stereocenters. The lowest BCUT2D eigenvalue weighted by atomic mass is 9.63. The largest absolute Gasteiger partial charge is 0.204 e. The van der Waals surface area contributed by atoms with E-state index in [1.807, 2.05) is 12.1 Å². The van der Waals surface area contributed by atoms with Gasteiger partial charge < -0.3 is 0 Å². The lowest BCUT2D eigenvalue weighted by Gasteiger charge is -2.42. The molecule has 31 heavy (non-hydrogen) atoms. The molecule has 0 bridgehead atoms. The molecule has 2 aliphatic rings. The molecule has 0 heterocycles. The summed E-state index contributed by atoms with van der Waals surface area (Å²) in [4.78, 5) is 0. The maximum Gasteiger partial charge on any atom is 0.194 e. The molecule has 2 aromatic rings. The van der Waals surface area contributed by atoms with Gasteiger partial charge in [0.25, 0.3) is 0 Å². The maximum atomic E-state index is 13.6. The zero-order valence-electron chi connectivity index (χ0n) is 18.7. The first-order valence-corrected chi connectivity index (χ1v) is 12.3. The summed E-state index contributed by atoms with van der Waals surface area (Å²) in [5.41, 5.74) is 2.43. The van der Waals surface area contributed by atoms with Gasteiger partial charge in [-0.15, -0.1) is 0 Å². The molecule has 4 atom stereocenters. The third-order valence-electron chi connectivity index (χ3n) is 7.89. The van der Waals surface area contributed by atoms with Crippen LogP contribution in [0.5, 0.6) is 0 Å². The van der Waals surface area contributed by atoms with Gasteiger partial charge in [0.05, 0.1) is 0 Å². The number of hydrogen-bond acceptors (Lipinski definition) is 0. The van der Waals surface area contributed by atoms with Crippen LogP contribution in [0.25, 0.3) is 11.1 Å². The van der Waals surface area contributed by atoms with Crippen molar-refractivity contribution in [3.63, 3.8) is 0 Å². The van der Waals surface area contributed by atoms with E-state index in [4.69, 9.17) is 0 Å². The van der Waals surface area contributed by atoms with Gasteiger partial charge in [0.2, 0.25) is 0 Å². The zero-order chi connectivity index (χ0) is 21.8. The second-order valence-electron chi connectivity index (χ2n) is 9.93. The van der Waals surface area contributed by atoms with Crippen LogP contribution in [0.4, 0.5) is 13.2 Å². The van der Waals surface area contributed by atoms with Gasteiger partial charge in [0, 0.05) is 0 Å². The molecule has 2 saturated carbocycles. The number of fused-ring (bicyclic) bond motifs is 1. The van der Waals surface area contributed by atoms with Crippen molar-refractivity contribution in [3.8, 4) is 11.1 Å². The van der Waals surface area contributed by atoms with Crippen LogP contribution >= 0.6 is 0 Å². The fraction of sp³-hybridized carbons (Fsp3) is 0.571. The van der Waals surface area contributed by atoms with Gasteiger partial charge in [-0.25, -0.2) is 13.2 Å². The summed E-state index contributed by atoms with van der Waals surface area (Å²) >= 11 is 0.